The van der Waals surface area contributed by atoms with Crippen molar-refractivity contribution in [3.63, 3.8) is 0 Å². The predicted octanol–water partition coefficient (Wildman–Crippen LogP) is 14.2. The fraction of sp³-hybridized carbons (Fsp3) is 0.280. The SMILES string of the molecule is CCc1ccc(C(F)(F)c2c(COCC(F)(F)F)ccc(Oc3ccc(COCC(F)(F)F)c(C(F)(F)c4ccc(CC)cc4)c3Cc3ccccc3)c2Cc2ccccc2)cc1. The monoisotopic (exact) mass is 882 g/mol. The van der Waals surface area contributed by atoms with Gasteiger partial charge in [-0.2, -0.15) is 43.9 Å². The normalized spacial score (nSPS) is 12.4. The molecular weight excluding hydrogens is 839 g/mol. The molecule has 0 bridgehead atoms. The molecule has 0 radical (unpaired) electrons. The molecule has 0 heterocycles. The second kappa shape index (κ2) is 19.8. The van der Waals surface area contributed by atoms with Crippen LogP contribution in [-0.4, -0.2) is 25.6 Å². The lowest BCUT2D eigenvalue weighted by atomic mass is 9.87. The maximum atomic E-state index is 17.3. The number of rotatable bonds is 18. The topological polar surface area (TPSA) is 27.7 Å². The van der Waals surface area contributed by atoms with Crippen LogP contribution in [0.2, 0.25) is 0 Å². The van der Waals surface area contributed by atoms with Gasteiger partial charge in [-0.05, 0) is 58.4 Å². The highest BCUT2D eigenvalue weighted by Crippen LogP contribution is 2.48. The van der Waals surface area contributed by atoms with Gasteiger partial charge in [-0.1, -0.05) is 135 Å². The van der Waals surface area contributed by atoms with Crippen LogP contribution < -0.4 is 4.74 Å². The molecule has 0 saturated carbocycles. The standard InChI is InChI=1S/C50H44F10O3/c1-3-33-15-21-39(22-16-33)49(57,58)45-37(29-61-31-47(51,52)53)19-25-43(41(45)27-35-11-7-5-8-12-35)63-44-26-20-38(30-62-32-48(54,55)56)46(42(44)28-36-13-9-6-10-14-36)50(59,60)40-23-17-34(4-2)18-24-40/h5-26H,3-4,27-32H2,1-2H3. The molecule has 0 aliphatic carbocycles. The summed E-state index contributed by atoms with van der Waals surface area (Å²) in [5, 5.41) is 0. The van der Waals surface area contributed by atoms with Crippen molar-refractivity contribution in [1.82, 2.24) is 0 Å². The number of hydrogen-bond acceptors (Lipinski definition) is 3. The Morgan fingerprint density at radius 1 is 0.397 bits per heavy atom. The first-order valence-electron chi connectivity index (χ1n) is 20.2. The molecule has 0 aliphatic rings. The summed E-state index contributed by atoms with van der Waals surface area (Å²) in [4.78, 5) is 0. The lowest BCUT2D eigenvalue weighted by Gasteiger charge is -2.28. The Morgan fingerprint density at radius 2 is 0.746 bits per heavy atom. The summed E-state index contributed by atoms with van der Waals surface area (Å²) in [6.45, 7) is -1.46. The summed E-state index contributed by atoms with van der Waals surface area (Å²) in [5.41, 5.74) is -0.642. The fourth-order valence-corrected chi connectivity index (χ4v) is 7.38. The average Bonchev–Trinajstić information content (AvgIpc) is 3.25. The van der Waals surface area contributed by atoms with Gasteiger partial charge in [0, 0.05) is 46.2 Å². The summed E-state index contributed by atoms with van der Waals surface area (Å²) in [6, 6.07) is 32.6. The highest BCUT2D eigenvalue weighted by Gasteiger charge is 2.42. The molecule has 3 nitrogen and oxygen atoms in total. The summed E-state index contributed by atoms with van der Waals surface area (Å²) in [6.07, 6.45) is -8.91. The molecule has 6 aromatic rings. The lowest BCUT2D eigenvalue weighted by Crippen LogP contribution is -2.23. The van der Waals surface area contributed by atoms with Crippen molar-refractivity contribution in [2.45, 2.75) is 76.9 Å². The Labute approximate surface area is 359 Å². The van der Waals surface area contributed by atoms with E-state index in [1.54, 1.807) is 60.7 Å². The van der Waals surface area contributed by atoms with E-state index in [0.717, 1.165) is 23.3 Å². The zero-order valence-electron chi connectivity index (χ0n) is 34.4. The third-order valence-electron chi connectivity index (χ3n) is 10.5. The Morgan fingerprint density at radius 3 is 1.06 bits per heavy atom. The van der Waals surface area contributed by atoms with E-state index < -0.39 is 72.9 Å². The largest absolute Gasteiger partial charge is 0.457 e. The number of halogens is 10. The van der Waals surface area contributed by atoms with Gasteiger partial charge in [-0.3, -0.25) is 0 Å². The van der Waals surface area contributed by atoms with Crippen LogP contribution in [-0.2, 0) is 60.2 Å². The number of benzene rings is 6. The molecule has 63 heavy (non-hydrogen) atoms. The van der Waals surface area contributed by atoms with Gasteiger partial charge in [0.2, 0.25) is 0 Å². The minimum Gasteiger partial charge on any atom is -0.457 e. The van der Waals surface area contributed by atoms with Crippen LogP contribution in [0.25, 0.3) is 0 Å². The van der Waals surface area contributed by atoms with Crippen LogP contribution in [0, 0.1) is 0 Å². The van der Waals surface area contributed by atoms with Crippen molar-refractivity contribution < 1.29 is 58.1 Å². The molecular formula is C50H44F10O3. The second-order valence-electron chi connectivity index (χ2n) is 15.0. The maximum absolute atomic E-state index is 17.3. The van der Waals surface area contributed by atoms with E-state index in [2.05, 4.69) is 0 Å². The number of alkyl halides is 10. The Hall–Kier alpha value is -5.66. The van der Waals surface area contributed by atoms with Crippen molar-refractivity contribution in [2.75, 3.05) is 13.2 Å². The van der Waals surface area contributed by atoms with E-state index in [-0.39, 0.29) is 46.6 Å². The molecule has 6 aromatic carbocycles. The maximum Gasteiger partial charge on any atom is 0.411 e. The highest BCUT2D eigenvalue weighted by molar-refractivity contribution is 5.57. The van der Waals surface area contributed by atoms with Gasteiger partial charge in [0.05, 0.1) is 13.2 Å². The number of hydrogen-bond donors (Lipinski definition) is 0. The first-order valence-corrected chi connectivity index (χ1v) is 20.2. The van der Waals surface area contributed by atoms with E-state index in [1.807, 2.05) is 13.8 Å². The summed E-state index contributed by atoms with van der Waals surface area (Å²) < 4.78 is 165. The van der Waals surface area contributed by atoms with Gasteiger partial charge in [-0.15, -0.1) is 0 Å². The summed E-state index contributed by atoms with van der Waals surface area (Å²) in [7, 11) is 0. The fourth-order valence-electron chi connectivity index (χ4n) is 7.38. The van der Waals surface area contributed by atoms with Gasteiger partial charge in [0.25, 0.3) is 11.8 Å². The minimum atomic E-state index is -4.76. The van der Waals surface area contributed by atoms with Crippen molar-refractivity contribution >= 4 is 0 Å². The van der Waals surface area contributed by atoms with Crippen LogP contribution in [0.1, 0.15) is 80.6 Å². The minimum absolute atomic E-state index is 0.161. The first-order chi connectivity index (χ1) is 29.9. The van der Waals surface area contributed by atoms with Crippen molar-refractivity contribution in [1.29, 1.82) is 0 Å². The van der Waals surface area contributed by atoms with Crippen molar-refractivity contribution in [3.05, 3.63) is 200 Å². The zero-order chi connectivity index (χ0) is 45.4. The van der Waals surface area contributed by atoms with E-state index in [9.17, 15) is 26.3 Å². The molecule has 332 valence electrons. The molecule has 0 aromatic heterocycles. The average molecular weight is 883 g/mol. The van der Waals surface area contributed by atoms with Crippen molar-refractivity contribution in [2.24, 2.45) is 0 Å². The Bertz CT molecular complexity index is 2240. The summed E-state index contributed by atoms with van der Waals surface area (Å²) >= 11 is 0. The zero-order valence-corrected chi connectivity index (χ0v) is 34.4. The molecule has 0 amide bonds. The quantitative estimate of drug-likeness (QED) is 0.0805. The van der Waals surface area contributed by atoms with Gasteiger partial charge in [0.15, 0.2) is 0 Å². The predicted molar refractivity (Wildman–Crippen MR) is 221 cm³/mol. The van der Waals surface area contributed by atoms with Crippen LogP contribution in [0.3, 0.4) is 0 Å². The lowest BCUT2D eigenvalue weighted by molar-refractivity contribution is -0.177. The van der Waals surface area contributed by atoms with E-state index in [4.69, 9.17) is 14.2 Å². The molecule has 0 aliphatic heterocycles. The third-order valence-corrected chi connectivity index (χ3v) is 10.5. The molecule has 0 atom stereocenters. The van der Waals surface area contributed by atoms with Crippen molar-refractivity contribution in [3.8, 4) is 11.5 Å². The Balaban J connectivity index is 1.61. The molecule has 0 fully saturated rings. The molecule has 0 saturated heterocycles. The van der Waals surface area contributed by atoms with E-state index >= 15 is 17.6 Å². The molecule has 0 unspecified atom stereocenters. The molecule has 6 rings (SSSR count). The van der Waals surface area contributed by atoms with Crippen LogP contribution in [0.5, 0.6) is 11.5 Å². The third kappa shape index (κ3) is 11.9. The van der Waals surface area contributed by atoms with Gasteiger partial charge in [-0.25, -0.2) is 0 Å². The van der Waals surface area contributed by atoms with Crippen LogP contribution >= 0.6 is 0 Å². The van der Waals surface area contributed by atoms with Crippen LogP contribution in [0.15, 0.2) is 133 Å². The number of ether oxygens (including phenoxy) is 3. The molecule has 13 heteroatoms. The van der Waals surface area contributed by atoms with Gasteiger partial charge >= 0.3 is 12.4 Å². The first kappa shape index (κ1) is 46.8. The molecule has 0 spiro atoms. The number of aryl methyl sites for hydroxylation is 2. The second-order valence-corrected chi connectivity index (χ2v) is 15.0. The van der Waals surface area contributed by atoms with E-state index in [1.165, 1.54) is 60.7 Å². The van der Waals surface area contributed by atoms with Gasteiger partial charge < -0.3 is 14.2 Å². The summed E-state index contributed by atoms with van der Waals surface area (Å²) in [5.74, 6) is -8.17. The Kier molecular flexibility index (Phi) is 14.7. The van der Waals surface area contributed by atoms with Gasteiger partial charge in [0.1, 0.15) is 24.7 Å². The van der Waals surface area contributed by atoms with E-state index in [0.29, 0.717) is 24.0 Å². The van der Waals surface area contributed by atoms with Crippen LogP contribution in [0.4, 0.5) is 43.9 Å². The molecule has 0 N–H and O–H groups in total. The smallest absolute Gasteiger partial charge is 0.411 e. The highest BCUT2D eigenvalue weighted by atomic mass is 19.4.